The van der Waals surface area contributed by atoms with Crippen LogP contribution < -0.4 is 5.32 Å². The van der Waals surface area contributed by atoms with Gasteiger partial charge >= 0.3 is 0 Å². The third-order valence-corrected chi connectivity index (χ3v) is 6.13. The fourth-order valence-corrected chi connectivity index (χ4v) is 4.67. The number of aromatic nitrogens is 2. The standard InChI is InChI=1S/C23H26N4O/c1-15(2)27-20-11-7-6-10-17(20)22(25-27)23(28)24-21-18-13-26(14-19(18)21)12-16-8-4-3-5-9-16/h3-11,15,18-19,21H,12-14H2,1-2H3,(H,24,28). The first kappa shape index (κ1) is 17.4. The molecule has 0 spiro atoms. The van der Waals surface area contributed by atoms with Crippen LogP contribution in [-0.4, -0.2) is 39.7 Å². The van der Waals surface area contributed by atoms with Crippen LogP contribution in [0.5, 0.6) is 0 Å². The molecule has 5 rings (SSSR count). The summed E-state index contributed by atoms with van der Waals surface area (Å²) in [5, 5.41) is 8.82. The second kappa shape index (κ2) is 6.74. The Balaban J connectivity index is 1.25. The number of fused-ring (bicyclic) bond motifs is 2. The van der Waals surface area contributed by atoms with Gasteiger partial charge in [0.15, 0.2) is 5.69 Å². The first-order valence-electron chi connectivity index (χ1n) is 10.2. The summed E-state index contributed by atoms with van der Waals surface area (Å²) >= 11 is 0. The summed E-state index contributed by atoms with van der Waals surface area (Å²) in [5.41, 5.74) is 2.93. The molecule has 1 saturated carbocycles. The Kier molecular flexibility index (Phi) is 4.20. The van der Waals surface area contributed by atoms with Gasteiger partial charge in [-0.15, -0.1) is 0 Å². The highest BCUT2D eigenvalue weighted by molar-refractivity contribution is 6.05. The lowest BCUT2D eigenvalue weighted by Gasteiger charge is -2.19. The predicted octanol–water partition coefficient (Wildman–Crippen LogP) is 3.48. The van der Waals surface area contributed by atoms with Gasteiger partial charge in [-0.2, -0.15) is 5.10 Å². The molecule has 2 fully saturated rings. The number of benzene rings is 2. The number of piperidine rings is 1. The van der Waals surface area contributed by atoms with Crippen molar-refractivity contribution >= 4 is 16.8 Å². The zero-order valence-corrected chi connectivity index (χ0v) is 16.4. The van der Waals surface area contributed by atoms with Crippen molar-refractivity contribution in [3.05, 3.63) is 65.9 Å². The van der Waals surface area contributed by atoms with Gasteiger partial charge in [-0.05, 0) is 37.3 Å². The summed E-state index contributed by atoms with van der Waals surface area (Å²) in [6.07, 6.45) is 0. The molecule has 0 bridgehead atoms. The Hall–Kier alpha value is -2.66. The maximum absolute atomic E-state index is 12.9. The molecule has 1 N–H and O–H groups in total. The van der Waals surface area contributed by atoms with Crippen LogP contribution in [0.1, 0.15) is 35.9 Å². The average molecular weight is 374 g/mol. The number of para-hydroxylation sites is 1. The molecule has 2 atom stereocenters. The Morgan fingerprint density at radius 1 is 1.07 bits per heavy atom. The first-order valence-corrected chi connectivity index (χ1v) is 10.2. The summed E-state index contributed by atoms with van der Waals surface area (Å²) in [6.45, 7) is 7.30. The van der Waals surface area contributed by atoms with Crippen molar-refractivity contribution < 1.29 is 4.79 Å². The van der Waals surface area contributed by atoms with Crippen molar-refractivity contribution in [2.45, 2.75) is 32.5 Å². The third kappa shape index (κ3) is 3.00. The number of nitrogens with zero attached hydrogens (tertiary/aromatic N) is 3. The molecule has 1 aliphatic heterocycles. The molecule has 144 valence electrons. The maximum atomic E-state index is 12.9. The SMILES string of the molecule is CC(C)n1nc(C(=O)NC2C3CN(Cc4ccccc4)CC32)c2ccccc21. The highest BCUT2D eigenvalue weighted by Crippen LogP contribution is 2.46. The Bertz CT molecular complexity index is 998. The minimum absolute atomic E-state index is 0.0374. The van der Waals surface area contributed by atoms with Crippen LogP contribution in [0.15, 0.2) is 54.6 Å². The molecule has 2 unspecified atom stereocenters. The molecule has 2 heterocycles. The number of hydrogen-bond acceptors (Lipinski definition) is 3. The Morgan fingerprint density at radius 3 is 2.46 bits per heavy atom. The normalized spacial score (nSPS) is 23.9. The van der Waals surface area contributed by atoms with E-state index in [9.17, 15) is 4.79 Å². The third-order valence-electron chi connectivity index (χ3n) is 6.13. The quantitative estimate of drug-likeness (QED) is 0.744. The van der Waals surface area contributed by atoms with E-state index in [1.54, 1.807) is 0 Å². The van der Waals surface area contributed by atoms with E-state index >= 15 is 0 Å². The topological polar surface area (TPSA) is 50.2 Å². The molecule has 3 aromatic rings. The van der Waals surface area contributed by atoms with Crippen molar-refractivity contribution in [1.82, 2.24) is 20.0 Å². The van der Waals surface area contributed by atoms with Crippen LogP contribution in [-0.2, 0) is 6.54 Å². The minimum Gasteiger partial charge on any atom is -0.347 e. The number of rotatable bonds is 5. The molecule has 1 aliphatic carbocycles. The summed E-state index contributed by atoms with van der Waals surface area (Å²) in [7, 11) is 0. The van der Waals surface area contributed by atoms with Gasteiger partial charge in [0.25, 0.3) is 5.91 Å². The number of nitrogens with one attached hydrogen (secondary N) is 1. The van der Waals surface area contributed by atoms with Gasteiger partial charge in [0.1, 0.15) is 0 Å². The van der Waals surface area contributed by atoms with E-state index in [-0.39, 0.29) is 11.9 Å². The van der Waals surface area contributed by atoms with Crippen molar-refractivity contribution in [3.63, 3.8) is 0 Å². The van der Waals surface area contributed by atoms with Gasteiger partial charge in [-0.3, -0.25) is 14.4 Å². The minimum atomic E-state index is -0.0374. The molecule has 1 saturated heterocycles. The van der Waals surface area contributed by atoms with E-state index < -0.39 is 0 Å². The van der Waals surface area contributed by atoms with E-state index in [1.807, 2.05) is 28.9 Å². The summed E-state index contributed by atoms with van der Waals surface area (Å²) in [4.78, 5) is 15.4. The van der Waals surface area contributed by atoms with Crippen molar-refractivity contribution in [2.24, 2.45) is 11.8 Å². The van der Waals surface area contributed by atoms with Crippen molar-refractivity contribution in [3.8, 4) is 0 Å². The Labute approximate surface area is 165 Å². The molecule has 0 radical (unpaired) electrons. The molecular formula is C23H26N4O. The smallest absolute Gasteiger partial charge is 0.272 e. The molecule has 1 aromatic heterocycles. The largest absolute Gasteiger partial charge is 0.347 e. The summed E-state index contributed by atoms with van der Waals surface area (Å²) in [5.74, 6) is 1.11. The van der Waals surface area contributed by atoms with Gasteiger partial charge in [0.05, 0.1) is 5.52 Å². The number of carbonyl (C=O) groups is 1. The molecule has 2 aromatic carbocycles. The highest BCUT2D eigenvalue weighted by Gasteiger charge is 2.56. The van der Waals surface area contributed by atoms with Gasteiger partial charge in [0.2, 0.25) is 0 Å². The Morgan fingerprint density at radius 2 is 1.75 bits per heavy atom. The second-order valence-electron chi connectivity index (χ2n) is 8.41. The lowest BCUT2D eigenvalue weighted by Crippen LogP contribution is -2.34. The van der Waals surface area contributed by atoms with Crippen LogP contribution in [0.25, 0.3) is 10.9 Å². The fourth-order valence-electron chi connectivity index (χ4n) is 4.67. The number of carbonyl (C=O) groups excluding carboxylic acids is 1. The zero-order valence-electron chi connectivity index (χ0n) is 16.4. The van der Waals surface area contributed by atoms with Crippen LogP contribution in [0.3, 0.4) is 0 Å². The molecule has 5 nitrogen and oxygen atoms in total. The number of likely N-dealkylation sites (tertiary alicyclic amines) is 1. The molecule has 1 amide bonds. The average Bonchev–Trinajstić information content (AvgIpc) is 3.06. The monoisotopic (exact) mass is 374 g/mol. The zero-order chi connectivity index (χ0) is 19.3. The van der Waals surface area contributed by atoms with Crippen LogP contribution in [0.2, 0.25) is 0 Å². The van der Waals surface area contributed by atoms with Crippen molar-refractivity contribution in [2.75, 3.05) is 13.1 Å². The number of hydrogen-bond donors (Lipinski definition) is 1. The molecule has 2 aliphatic rings. The maximum Gasteiger partial charge on any atom is 0.272 e. The van der Waals surface area contributed by atoms with E-state index in [0.717, 1.165) is 30.5 Å². The molecule has 5 heteroatoms. The van der Waals surface area contributed by atoms with Gasteiger partial charge in [0, 0.05) is 37.1 Å². The second-order valence-corrected chi connectivity index (χ2v) is 8.41. The molecule has 28 heavy (non-hydrogen) atoms. The first-order chi connectivity index (χ1) is 13.6. The van der Waals surface area contributed by atoms with Crippen LogP contribution in [0.4, 0.5) is 0 Å². The molecular weight excluding hydrogens is 348 g/mol. The lowest BCUT2D eigenvalue weighted by molar-refractivity contribution is 0.0938. The summed E-state index contributed by atoms with van der Waals surface area (Å²) in [6, 6.07) is 19.1. The van der Waals surface area contributed by atoms with E-state index in [2.05, 4.69) is 59.5 Å². The lowest BCUT2D eigenvalue weighted by atomic mass is 10.2. The van der Waals surface area contributed by atoms with Crippen LogP contribution >= 0.6 is 0 Å². The van der Waals surface area contributed by atoms with Crippen LogP contribution in [0, 0.1) is 11.8 Å². The predicted molar refractivity (Wildman–Crippen MR) is 110 cm³/mol. The van der Waals surface area contributed by atoms with E-state index in [0.29, 0.717) is 23.6 Å². The summed E-state index contributed by atoms with van der Waals surface area (Å²) < 4.78 is 1.94. The number of amides is 1. The van der Waals surface area contributed by atoms with Gasteiger partial charge in [-0.1, -0.05) is 48.5 Å². The fraction of sp³-hybridized carbons (Fsp3) is 0.391. The van der Waals surface area contributed by atoms with Crippen molar-refractivity contribution in [1.29, 1.82) is 0 Å². The van der Waals surface area contributed by atoms with Gasteiger partial charge in [-0.25, -0.2) is 0 Å². The highest BCUT2D eigenvalue weighted by atomic mass is 16.2. The van der Waals surface area contributed by atoms with E-state index in [4.69, 9.17) is 0 Å². The van der Waals surface area contributed by atoms with Gasteiger partial charge < -0.3 is 5.32 Å². The van der Waals surface area contributed by atoms with E-state index in [1.165, 1.54) is 5.56 Å².